The maximum absolute atomic E-state index is 9.15. The zero-order chi connectivity index (χ0) is 11.3. The van der Waals surface area contributed by atoms with Crippen LogP contribution in [0.25, 0.3) is 0 Å². The molecule has 15 heavy (non-hydrogen) atoms. The lowest BCUT2D eigenvalue weighted by molar-refractivity contribution is 0.187. The van der Waals surface area contributed by atoms with Crippen LogP contribution in [0, 0.1) is 0 Å². The van der Waals surface area contributed by atoms with Gasteiger partial charge in [-0.15, -0.1) is 0 Å². The second kappa shape index (κ2) is 5.85. The third-order valence-corrected chi connectivity index (χ3v) is 2.35. The first-order valence-electron chi connectivity index (χ1n) is 5.24. The van der Waals surface area contributed by atoms with E-state index in [4.69, 9.17) is 10.2 Å². The first-order chi connectivity index (χ1) is 7.13. The summed E-state index contributed by atoms with van der Waals surface area (Å²) >= 11 is 0. The molecule has 0 bridgehead atoms. The lowest BCUT2D eigenvalue weighted by Crippen LogP contribution is -2.27. The molecule has 0 saturated heterocycles. The van der Waals surface area contributed by atoms with Crippen molar-refractivity contribution in [3.8, 4) is 0 Å². The summed E-state index contributed by atoms with van der Waals surface area (Å²) < 4.78 is 0. The Bertz CT molecular complexity index is 299. The van der Waals surface area contributed by atoms with E-state index in [1.54, 1.807) is 6.92 Å². The fourth-order valence-corrected chi connectivity index (χ4v) is 1.43. The van der Waals surface area contributed by atoms with E-state index in [2.05, 4.69) is 5.32 Å². The van der Waals surface area contributed by atoms with Crippen molar-refractivity contribution in [1.82, 2.24) is 5.32 Å². The monoisotopic (exact) mass is 209 g/mol. The Morgan fingerprint density at radius 2 is 2.07 bits per heavy atom. The largest absolute Gasteiger partial charge is 0.392 e. The predicted molar refractivity (Wildman–Crippen MR) is 60.5 cm³/mol. The number of rotatable bonds is 5. The number of aliphatic hydroxyl groups excluding tert-OH is 2. The first kappa shape index (κ1) is 12.2. The zero-order valence-corrected chi connectivity index (χ0v) is 9.27. The van der Waals surface area contributed by atoms with Crippen molar-refractivity contribution in [1.29, 1.82) is 0 Å². The van der Waals surface area contributed by atoms with Crippen molar-refractivity contribution < 1.29 is 10.2 Å². The molecular formula is C12H19NO2. The molecule has 3 heteroatoms. The molecule has 0 aromatic heterocycles. The number of hydrogen-bond donors (Lipinski definition) is 3. The van der Waals surface area contributed by atoms with Gasteiger partial charge in [0.1, 0.15) is 0 Å². The standard InChI is InChI=1S/C12H19NO2/c1-9(15)7-13-10(2)12-5-3-4-11(6-12)8-14/h3-6,9-10,13-15H,7-8H2,1-2H3. The van der Waals surface area contributed by atoms with Crippen LogP contribution in [0.4, 0.5) is 0 Å². The lowest BCUT2D eigenvalue weighted by Gasteiger charge is -2.16. The number of nitrogens with one attached hydrogen (secondary N) is 1. The minimum Gasteiger partial charge on any atom is -0.392 e. The van der Waals surface area contributed by atoms with Crippen molar-refractivity contribution >= 4 is 0 Å². The fraction of sp³-hybridized carbons (Fsp3) is 0.500. The van der Waals surface area contributed by atoms with E-state index < -0.39 is 0 Å². The maximum Gasteiger partial charge on any atom is 0.0681 e. The van der Waals surface area contributed by atoms with Gasteiger partial charge in [0.2, 0.25) is 0 Å². The summed E-state index contributed by atoms with van der Waals surface area (Å²) in [5, 5.41) is 21.4. The van der Waals surface area contributed by atoms with Gasteiger partial charge in [-0.3, -0.25) is 0 Å². The highest BCUT2D eigenvalue weighted by atomic mass is 16.3. The highest BCUT2D eigenvalue weighted by Gasteiger charge is 2.06. The fourth-order valence-electron chi connectivity index (χ4n) is 1.43. The smallest absolute Gasteiger partial charge is 0.0681 e. The molecule has 0 fully saturated rings. The Labute approximate surface area is 90.8 Å². The second-order valence-corrected chi connectivity index (χ2v) is 3.88. The van der Waals surface area contributed by atoms with E-state index in [1.807, 2.05) is 31.2 Å². The first-order valence-corrected chi connectivity index (χ1v) is 5.24. The molecule has 0 heterocycles. The van der Waals surface area contributed by atoms with Gasteiger partial charge in [-0.05, 0) is 25.0 Å². The molecule has 0 amide bonds. The normalized spacial score (nSPS) is 14.9. The van der Waals surface area contributed by atoms with Crippen molar-refractivity contribution in [3.05, 3.63) is 35.4 Å². The molecule has 1 aromatic rings. The van der Waals surface area contributed by atoms with Crippen LogP contribution in [0.1, 0.15) is 31.0 Å². The van der Waals surface area contributed by atoms with Gasteiger partial charge in [0.25, 0.3) is 0 Å². The Morgan fingerprint density at radius 1 is 1.33 bits per heavy atom. The molecule has 0 saturated carbocycles. The van der Waals surface area contributed by atoms with Crippen LogP contribution in [0.2, 0.25) is 0 Å². The maximum atomic E-state index is 9.15. The average Bonchev–Trinajstić information content (AvgIpc) is 2.26. The van der Waals surface area contributed by atoms with Gasteiger partial charge in [0.05, 0.1) is 12.7 Å². The topological polar surface area (TPSA) is 52.5 Å². The predicted octanol–water partition coefficient (Wildman–Crippen LogP) is 1.21. The molecule has 2 atom stereocenters. The molecule has 3 N–H and O–H groups in total. The summed E-state index contributed by atoms with van der Waals surface area (Å²) in [5.41, 5.74) is 2.04. The highest BCUT2D eigenvalue weighted by Crippen LogP contribution is 2.14. The van der Waals surface area contributed by atoms with Gasteiger partial charge in [0.15, 0.2) is 0 Å². The summed E-state index contributed by atoms with van der Waals surface area (Å²) in [5.74, 6) is 0. The van der Waals surface area contributed by atoms with Gasteiger partial charge < -0.3 is 15.5 Å². The molecular weight excluding hydrogens is 190 g/mol. The lowest BCUT2D eigenvalue weighted by atomic mass is 10.1. The van der Waals surface area contributed by atoms with Crippen molar-refractivity contribution in [2.45, 2.75) is 32.6 Å². The third-order valence-electron chi connectivity index (χ3n) is 2.35. The van der Waals surface area contributed by atoms with Crippen molar-refractivity contribution in [3.63, 3.8) is 0 Å². The van der Waals surface area contributed by atoms with E-state index in [0.29, 0.717) is 6.54 Å². The third kappa shape index (κ3) is 4.00. The number of hydrogen-bond acceptors (Lipinski definition) is 3. The summed E-state index contributed by atoms with van der Waals surface area (Å²) in [6.07, 6.45) is -0.339. The zero-order valence-electron chi connectivity index (χ0n) is 9.27. The summed E-state index contributed by atoms with van der Waals surface area (Å²) in [4.78, 5) is 0. The Balaban J connectivity index is 2.60. The molecule has 3 nitrogen and oxygen atoms in total. The van der Waals surface area contributed by atoms with Crippen LogP contribution in [-0.4, -0.2) is 22.9 Å². The molecule has 1 rings (SSSR count). The molecule has 0 aliphatic rings. The molecule has 0 aliphatic heterocycles. The Kier molecular flexibility index (Phi) is 4.75. The summed E-state index contributed by atoms with van der Waals surface area (Å²) in [6, 6.07) is 8.00. The molecule has 0 radical (unpaired) electrons. The molecule has 0 aliphatic carbocycles. The van der Waals surface area contributed by atoms with E-state index >= 15 is 0 Å². The van der Waals surface area contributed by atoms with Gasteiger partial charge >= 0.3 is 0 Å². The van der Waals surface area contributed by atoms with Gasteiger partial charge in [0, 0.05) is 12.6 Å². The van der Waals surface area contributed by atoms with Crippen LogP contribution in [0.3, 0.4) is 0 Å². The quantitative estimate of drug-likeness (QED) is 0.683. The SMILES string of the molecule is CC(O)CNC(C)c1cccc(CO)c1. The van der Waals surface area contributed by atoms with Crippen LogP contribution in [0.15, 0.2) is 24.3 Å². The number of benzene rings is 1. The Morgan fingerprint density at radius 3 is 2.67 bits per heavy atom. The van der Waals surface area contributed by atoms with Gasteiger partial charge in [-0.25, -0.2) is 0 Å². The Hall–Kier alpha value is -0.900. The molecule has 84 valence electrons. The van der Waals surface area contributed by atoms with E-state index in [0.717, 1.165) is 11.1 Å². The van der Waals surface area contributed by atoms with Crippen LogP contribution in [-0.2, 0) is 6.61 Å². The minimum absolute atomic E-state index is 0.0664. The number of aliphatic hydroxyl groups is 2. The highest BCUT2D eigenvalue weighted by molar-refractivity contribution is 5.25. The van der Waals surface area contributed by atoms with E-state index in [1.165, 1.54) is 0 Å². The van der Waals surface area contributed by atoms with Crippen LogP contribution >= 0.6 is 0 Å². The van der Waals surface area contributed by atoms with Crippen molar-refractivity contribution in [2.24, 2.45) is 0 Å². The van der Waals surface area contributed by atoms with Gasteiger partial charge in [-0.2, -0.15) is 0 Å². The summed E-state index contributed by atoms with van der Waals surface area (Å²) in [6.45, 7) is 4.43. The molecule has 0 spiro atoms. The minimum atomic E-state index is -0.339. The second-order valence-electron chi connectivity index (χ2n) is 3.88. The van der Waals surface area contributed by atoms with Crippen LogP contribution in [0.5, 0.6) is 0 Å². The average molecular weight is 209 g/mol. The van der Waals surface area contributed by atoms with Gasteiger partial charge in [-0.1, -0.05) is 24.3 Å². The molecule has 2 unspecified atom stereocenters. The van der Waals surface area contributed by atoms with Crippen molar-refractivity contribution in [2.75, 3.05) is 6.54 Å². The van der Waals surface area contributed by atoms with E-state index in [9.17, 15) is 0 Å². The summed E-state index contributed by atoms with van der Waals surface area (Å²) in [7, 11) is 0. The van der Waals surface area contributed by atoms with Crippen LogP contribution < -0.4 is 5.32 Å². The molecule has 1 aromatic carbocycles. The van der Waals surface area contributed by atoms with E-state index in [-0.39, 0.29) is 18.8 Å².